The van der Waals surface area contributed by atoms with E-state index in [4.69, 9.17) is 9.78 Å². The Bertz CT molecular complexity index is 296. The lowest BCUT2D eigenvalue weighted by Gasteiger charge is -2.28. The molecule has 2 fully saturated rings. The van der Waals surface area contributed by atoms with Crippen molar-refractivity contribution >= 4 is 5.97 Å². The van der Waals surface area contributed by atoms with Crippen LogP contribution in [0.5, 0.6) is 0 Å². The van der Waals surface area contributed by atoms with Crippen molar-refractivity contribution in [1.82, 2.24) is 0 Å². The lowest BCUT2D eigenvalue weighted by Crippen LogP contribution is -2.26. The Balaban J connectivity index is 1.82. The summed E-state index contributed by atoms with van der Waals surface area (Å²) in [7, 11) is 0. The van der Waals surface area contributed by atoms with E-state index in [1.54, 1.807) is 6.92 Å². The van der Waals surface area contributed by atoms with Gasteiger partial charge in [-0.1, -0.05) is 57.9 Å². The third kappa shape index (κ3) is 4.07. The van der Waals surface area contributed by atoms with Gasteiger partial charge in [0.05, 0.1) is 6.61 Å². The summed E-state index contributed by atoms with van der Waals surface area (Å²) in [6.07, 6.45) is 10.7. The van der Waals surface area contributed by atoms with Gasteiger partial charge in [-0.3, -0.25) is 4.89 Å². The minimum absolute atomic E-state index is 0.387. The quantitative estimate of drug-likeness (QED) is 0.413. The van der Waals surface area contributed by atoms with E-state index in [0.717, 1.165) is 11.8 Å². The van der Waals surface area contributed by atoms with E-state index in [-0.39, 0.29) is 0 Å². The van der Waals surface area contributed by atoms with Gasteiger partial charge in [0.2, 0.25) is 0 Å². The van der Waals surface area contributed by atoms with E-state index in [9.17, 15) is 4.79 Å². The molecule has 2 aliphatic rings. The molecule has 0 bridgehead atoms. The molecule has 0 amide bonds. The van der Waals surface area contributed by atoms with Crippen LogP contribution in [0.3, 0.4) is 0 Å². The maximum absolute atomic E-state index is 11.3. The van der Waals surface area contributed by atoms with Crippen LogP contribution in [-0.4, -0.2) is 12.6 Å². The summed E-state index contributed by atoms with van der Waals surface area (Å²) < 4.78 is 0. The molecule has 0 saturated heterocycles. The maximum Gasteiger partial charge on any atom is 0.368 e. The number of rotatable bonds is 6. The predicted octanol–water partition coefficient (Wildman–Crippen LogP) is 4.03. The second-order valence-electron chi connectivity index (χ2n) is 6.19. The zero-order valence-electron chi connectivity index (χ0n) is 12.0. The smallest absolute Gasteiger partial charge is 0.293 e. The fourth-order valence-corrected chi connectivity index (χ4v) is 3.67. The number of carbonyl (C=O) groups excluding carboxylic acids is 1. The lowest BCUT2D eigenvalue weighted by atomic mass is 9.80. The van der Waals surface area contributed by atoms with Gasteiger partial charge in [0.15, 0.2) is 0 Å². The largest absolute Gasteiger partial charge is 0.368 e. The van der Waals surface area contributed by atoms with Crippen molar-refractivity contribution < 1.29 is 14.6 Å². The second-order valence-corrected chi connectivity index (χ2v) is 6.19. The molecule has 0 aromatic carbocycles. The molecule has 19 heavy (non-hydrogen) atoms. The van der Waals surface area contributed by atoms with E-state index in [1.165, 1.54) is 51.4 Å². The Morgan fingerprint density at radius 3 is 2.00 bits per heavy atom. The molecule has 108 valence electrons. The monoisotopic (exact) mass is 266 g/mol. The van der Waals surface area contributed by atoms with Crippen LogP contribution in [0.2, 0.25) is 0 Å². The van der Waals surface area contributed by atoms with Crippen LogP contribution in [0.1, 0.15) is 58.3 Å². The van der Waals surface area contributed by atoms with Crippen LogP contribution in [-0.2, 0) is 14.6 Å². The molecule has 0 unspecified atom stereocenters. The fraction of sp³-hybridized carbons (Fsp3) is 0.812. The van der Waals surface area contributed by atoms with E-state index in [2.05, 4.69) is 6.58 Å². The summed E-state index contributed by atoms with van der Waals surface area (Å²) in [6.45, 7) is 5.75. The molecule has 2 rings (SSSR count). The van der Waals surface area contributed by atoms with Crippen LogP contribution in [0, 0.1) is 17.8 Å². The van der Waals surface area contributed by atoms with Crippen molar-refractivity contribution in [3.8, 4) is 0 Å². The maximum atomic E-state index is 11.3. The molecule has 0 aliphatic heterocycles. The van der Waals surface area contributed by atoms with Gasteiger partial charge in [0.1, 0.15) is 0 Å². The summed E-state index contributed by atoms with van der Waals surface area (Å²) in [5.74, 6) is 1.66. The molecule has 0 heterocycles. The molecule has 0 aromatic rings. The molecule has 0 aromatic heterocycles. The van der Waals surface area contributed by atoms with E-state index in [0.29, 0.717) is 18.1 Å². The highest BCUT2D eigenvalue weighted by molar-refractivity contribution is 5.86. The Hall–Kier alpha value is -0.830. The topological polar surface area (TPSA) is 35.5 Å². The predicted molar refractivity (Wildman–Crippen MR) is 74.3 cm³/mol. The van der Waals surface area contributed by atoms with Gasteiger partial charge >= 0.3 is 5.97 Å². The van der Waals surface area contributed by atoms with Gasteiger partial charge in [-0.2, -0.15) is 4.89 Å². The molecule has 0 radical (unpaired) electrons. The Kier molecular flexibility index (Phi) is 5.44. The molecular formula is C16H26O3. The minimum atomic E-state index is -0.448. The van der Waals surface area contributed by atoms with E-state index in [1.807, 2.05) is 0 Å². The summed E-state index contributed by atoms with van der Waals surface area (Å²) in [6, 6.07) is 0. The molecule has 2 saturated carbocycles. The van der Waals surface area contributed by atoms with Crippen molar-refractivity contribution in [3.05, 3.63) is 12.2 Å². The highest BCUT2D eigenvalue weighted by atomic mass is 17.2. The standard InChI is InChI=1S/C16H26O3/c1-12(2)16(17)19-18-11-15(13-7-3-4-8-13)14-9-5-6-10-14/h13-15H,1,3-11H2,2H3. The van der Waals surface area contributed by atoms with E-state index >= 15 is 0 Å². The highest BCUT2D eigenvalue weighted by Gasteiger charge is 2.33. The average molecular weight is 266 g/mol. The van der Waals surface area contributed by atoms with Crippen molar-refractivity contribution in [2.24, 2.45) is 17.8 Å². The zero-order chi connectivity index (χ0) is 13.7. The van der Waals surface area contributed by atoms with Crippen molar-refractivity contribution in [2.75, 3.05) is 6.61 Å². The third-order valence-electron chi connectivity index (χ3n) is 4.75. The van der Waals surface area contributed by atoms with Gasteiger partial charge < -0.3 is 0 Å². The first-order valence-corrected chi connectivity index (χ1v) is 7.68. The van der Waals surface area contributed by atoms with Gasteiger partial charge in [-0.25, -0.2) is 4.79 Å². The van der Waals surface area contributed by atoms with Gasteiger partial charge in [-0.05, 0) is 24.7 Å². The summed E-state index contributed by atoms with van der Waals surface area (Å²) >= 11 is 0. The Morgan fingerprint density at radius 1 is 1.11 bits per heavy atom. The fourth-order valence-electron chi connectivity index (χ4n) is 3.67. The van der Waals surface area contributed by atoms with Gasteiger partial charge in [-0.15, -0.1) is 0 Å². The Morgan fingerprint density at radius 2 is 1.58 bits per heavy atom. The SMILES string of the molecule is C=C(C)C(=O)OOCC(C1CCCC1)C1CCCC1. The minimum Gasteiger partial charge on any atom is -0.293 e. The van der Waals surface area contributed by atoms with Crippen LogP contribution >= 0.6 is 0 Å². The summed E-state index contributed by atoms with van der Waals surface area (Å²) in [5, 5.41) is 0. The highest BCUT2D eigenvalue weighted by Crippen LogP contribution is 2.41. The first-order valence-electron chi connectivity index (χ1n) is 7.68. The third-order valence-corrected chi connectivity index (χ3v) is 4.75. The Labute approximate surface area is 116 Å². The van der Waals surface area contributed by atoms with Crippen molar-refractivity contribution in [1.29, 1.82) is 0 Å². The molecule has 0 spiro atoms. The lowest BCUT2D eigenvalue weighted by molar-refractivity contribution is -0.278. The van der Waals surface area contributed by atoms with Crippen molar-refractivity contribution in [2.45, 2.75) is 58.3 Å². The number of carbonyl (C=O) groups is 1. The summed E-state index contributed by atoms with van der Waals surface area (Å²) in [4.78, 5) is 21.4. The second kappa shape index (κ2) is 7.09. The van der Waals surface area contributed by atoms with Crippen LogP contribution < -0.4 is 0 Å². The van der Waals surface area contributed by atoms with Crippen LogP contribution in [0.4, 0.5) is 0 Å². The van der Waals surface area contributed by atoms with E-state index < -0.39 is 5.97 Å². The first-order chi connectivity index (χ1) is 9.18. The number of hydrogen-bond acceptors (Lipinski definition) is 3. The van der Waals surface area contributed by atoms with Crippen molar-refractivity contribution in [3.63, 3.8) is 0 Å². The molecule has 3 nitrogen and oxygen atoms in total. The normalized spacial score (nSPS) is 21.2. The van der Waals surface area contributed by atoms with Gasteiger partial charge in [0, 0.05) is 5.57 Å². The number of hydrogen-bond donors (Lipinski definition) is 0. The first kappa shape index (κ1) is 14.6. The average Bonchev–Trinajstić information content (AvgIpc) is 3.07. The zero-order valence-corrected chi connectivity index (χ0v) is 12.0. The molecular weight excluding hydrogens is 240 g/mol. The molecule has 0 atom stereocenters. The molecule has 0 N–H and O–H groups in total. The van der Waals surface area contributed by atoms with Crippen LogP contribution in [0.25, 0.3) is 0 Å². The van der Waals surface area contributed by atoms with Crippen LogP contribution in [0.15, 0.2) is 12.2 Å². The van der Waals surface area contributed by atoms with Gasteiger partial charge in [0.25, 0.3) is 0 Å². The molecule has 3 heteroatoms. The summed E-state index contributed by atoms with van der Waals surface area (Å²) in [5.41, 5.74) is 0.387. The molecule has 2 aliphatic carbocycles.